The summed E-state index contributed by atoms with van der Waals surface area (Å²) in [5.41, 5.74) is 1.11. The van der Waals surface area contributed by atoms with E-state index in [0.29, 0.717) is 5.92 Å². The highest BCUT2D eigenvalue weighted by Crippen LogP contribution is 2.24. The highest BCUT2D eigenvalue weighted by Gasteiger charge is 2.20. The van der Waals surface area contributed by atoms with Crippen molar-refractivity contribution in [3.05, 3.63) is 17.5 Å². The van der Waals surface area contributed by atoms with E-state index in [1.807, 2.05) is 19.9 Å². The van der Waals surface area contributed by atoms with Crippen LogP contribution in [0.2, 0.25) is 0 Å². The predicted octanol–water partition coefficient (Wildman–Crippen LogP) is 4.12. The molecular weight excluding hydrogens is 174 g/mol. The molecule has 0 fully saturated rings. The maximum atomic E-state index is 5.24. The smallest absolute Gasteiger partial charge is 0.142 e. The maximum absolute atomic E-state index is 5.24. The van der Waals surface area contributed by atoms with E-state index >= 15 is 0 Å². The minimum atomic E-state index is 0.0696. The summed E-state index contributed by atoms with van der Waals surface area (Å²) in [7, 11) is 0. The van der Waals surface area contributed by atoms with E-state index in [-0.39, 0.29) is 5.41 Å². The van der Waals surface area contributed by atoms with Gasteiger partial charge in [-0.15, -0.1) is 0 Å². The largest absolute Gasteiger partial charge is 0.361 e. The van der Waals surface area contributed by atoms with Gasteiger partial charge in [-0.1, -0.05) is 53.6 Å². The molecule has 0 saturated carbocycles. The SMILES string of the molecule is CC.CC(C)c1cc(C(C)(C)C)on1. The molecule has 2 nitrogen and oxygen atoms in total. The van der Waals surface area contributed by atoms with Crippen molar-refractivity contribution in [1.82, 2.24) is 5.16 Å². The van der Waals surface area contributed by atoms with Crippen LogP contribution in [0.1, 0.15) is 65.8 Å². The molecule has 1 heterocycles. The van der Waals surface area contributed by atoms with Gasteiger partial charge >= 0.3 is 0 Å². The number of hydrogen-bond acceptors (Lipinski definition) is 2. The quantitative estimate of drug-likeness (QED) is 0.676. The number of rotatable bonds is 1. The molecule has 0 bridgehead atoms. The molecule has 0 radical (unpaired) electrons. The van der Waals surface area contributed by atoms with E-state index in [9.17, 15) is 0 Å². The van der Waals surface area contributed by atoms with Gasteiger partial charge in [0.25, 0.3) is 0 Å². The molecule has 2 heteroatoms. The summed E-state index contributed by atoms with van der Waals surface area (Å²) >= 11 is 0. The summed E-state index contributed by atoms with van der Waals surface area (Å²) in [5.74, 6) is 1.41. The van der Waals surface area contributed by atoms with Crippen LogP contribution in [-0.2, 0) is 5.41 Å². The topological polar surface area (TPSA) is 26.0 Å². The van der Waals surface area contributed by atoms with Gasteiger partial charge in [0, 0.05) is 11.5 Å². The Balaban J connectivity index is 0.000000791. The Morgan fingerprint density at radius 1 is 1.21 bits per heavy atom. The molecule has 0 aliphatic heterocycles. The highest BCUT2D eigenvalue weighted by atomic mass is 16.5. The monoisotopic (exact) mass is 197 g/mol. The Hall–Kier alpha value is -0.790. The van der Waals surface area contributed by atoms with Gasteiger partial charge in [0.1, 0.15) is 5.76 Å². The minimum absolute atomic E-state index is 0.0696. The fraction of sp³-hybridized carbons (Fsp3) is 0.750. The molecule has 0 atom stereocenters. The molecule has 14 heavy (non-hydrogen) atoms. The lowest BCUT2D eigenvalue weighted by molar-refractivity contribution is 0.324. The first-order chi connectivity index (χ1) is 6.41. The van der Waals surface area contributed by atoms with Gasteiger partial charge in [0.2, 0.25) is 0 Å². The van der Waals surface area contributed by atoms with Crippen LogP contribution in [0.5, 0.6) is 0 Å². The lowest BCUT2D eigenvalue weighted by Gasteiger charge is -2.12. The molecule has 0 aliphatic carbocycles. The first-order valence-corrected chi connectivity index (χ1v) is 5.38. The molecule has 0 N–H and O–H groups in total. The second-order valence-electron chi connectivity index (χ2n) is 4.52. The van der Waals surface area contributed by atoms with Gasteiger partial charge in [-0.05, 0) is 5.92 Å². The molecule has 0 amide bonds. The fourth-order valence-corrected chi connectivity index (χ4v) is 0.914. The molecule has 0 spiro atoms. The van der Waals surface area contributed by atoms with Crippen LogP contribution in [0.15, 0.2) is 10.6 Å². The first-order valence-electron chi connectivity index (χ1n) is 5.38. The van der Waals surface area contributed by atoms with Crippen molar-refractivity contribution in [2.45, 2.75) is 59.8 Å². The Labute approximate surface area is 87.7 Å². The van der Waals surface area contributed by atoms with E-state index in [1.165, 1.54) is 0 Å². The second kappa shape index (κ2) is 5.18. The summed E-state index contributed by atoms with van der Waals surface area (Å²) in [6.45, 7) is 14.6. The number of nitrogens with zero attached hydrogens (tertiary/aromatic N) is 1. The average Bonchev–Trinajstić information content (AvgIpc) is 2.54. The molecule has 1 aromatic rings. The second-order valence-corrected chi connectivity index (χ2v) is 4.52. The standard InChI is InChI=1S/C10H17NO.C2H6/c1-7(2)8-6-9(12-11-8)10(3,4)5;1-2/h6-7H,1-5H3;1-2H3. The van der Waals surface area contributed by atoms with Crippen LogP contribution in [0.25, 0.3) is 0 Å². The Kier molecular flexibility index (Phi) is 4.89. The third kappa shape index (κ3) is 3.52. The van der Waals surface area contributed by atoms with Crippen LogP contribution >= 0.6 is 0 Å². The van der Waals surface area contributed by atoms with Crippen molar-refractivity contribution in [3.8, 4) is 0 Å². The minimum Gasteiger partial charge on any atom is -0.361 e. The van der Waals surface area contributed by atoms with Crippen LogP contribution in [0.3, 0.4) is 0 Å². The van der Waals surface area contributed by atoms with E-state index < -0.39 is 0 Å². The van der Waals surface area contributed by atoms with Crippen LogP contribution in [0.4, 0.5) is 0 Å². The Bertz CT molecular complexity index is 256. The van der Waals surface area contributed by atoms with Gasteiger partial charge < -0.3 is 4.52 Å². The van der Waals surface area contributed by atoms with Crippen LogP contribution < -0.4 is 0 Å². The number of hydrogen-bond donors (Lipinski definition) is 0. The van der Waals surface area contributed by atoms with Gasteiger partial charge in [-0.25, -0.2) is 0 Å². The molecular formula is C12H23NO. The maximum Gasteiger partial charge on any atom is 0.142 e. The van der Waals surface area contributed by atoms with Gasteiger partial charge in [-0.3, -0.25) is 0 Å². The van der Waals surface area contributed by atoms with Crippen molar-refractivity contribution in [2.75, 3.05) is 0 Å². The number of aromatic nitrogens is 1. The molecule has 82 valence electrons. The summed E-state index contributed by atoms with van der Waals surface area (Å²) in [4.78, 5) is 0. The third-order valence-electron chi connectivity index (χ3n) is 1.86. The van der Waals surface area contributed by atoms with E-state index in [1.54, 1.807) is 0 Å². The molecule has 0 saturated heterocycles. The summed E-state index contributed by atoms with van der Waals surface area (Å²) in [5, 5.41) is 4.01. The van der Waals surface area contributed by atoms with Gasteiger partial charge in [0.05, 0.1) is 5.69 Å². The molecule has 1 aromatic heterocycles. The lowest BCUT2D eigenvalue weighted by Crippen LogP contribution is -2.09. The van der Waals surface area contributed by atoms with Crippen LogP contribution in [-0.4, -0.2) is 5.16 Å². The molecule has 0 aliphatic rings. The van der Waals surface area contributed by atoms with Crippen LogP contribution in [0, 0.1) is 0 Å². The third-order valence-corrected chi connectivity index (χ3v) is 1.86. The molecule has 0 unspecified atom stereocenters. The zero-order chi connectivity index (χ0) is 11.4. The van der Waals surface area contributed by atoms with E-state index in [4.69, 9.17) is 4.52 Å². The van der Waals surface area contributed by atoms with Crippen molar-refractivity contribution in [3.63, 3.8) is 0 Å². The van der Waals surface area contributed by atoms with Crippen molar-refractivity contribution < 1.29 is 4.52 Å². The first kappa shape index (κ1) is 13.2. The zero-order valence-electron chi connectivity index (χ0n) is 10.5. The predicted molar refractivity (Wildman–Crippen MR) is 60.6 cm³/mol. The van der Waals surface area contributed by atoms with Gasteiger partial charge in [-0.2, -0.15) is 0 Å². The zero-order valence-corrected chi connectivity index (χ0v) is 10.5. The van der Waals surface area contributed by atoms with E-state index in [0.717, 1.165) is 11.5 Å². The summed E-state index contributed by atoms with van der Waals surface area (Å²) in [6.07, 6.45) is 0. The normalized spacial score (nSPS) is 11.1. The van der Waals surface area contributed by atoms with E-state index in [2.05, 4.69) is 39.8 Å². The Morgan fingerprint density at radius 2 is 1.71 bits per heavy atom. The van der Waals surface area contributed by atoms with Crippen molar-refractivity contribution >= 4 is 0 Å². The molecule has 1 rings (SSSR count). The van der Waals surface area contributed by atoms with Crippen molar-refractivity contribution in [1.29, 1.82) is 0 Å². The molecule has 0 aromatic carbocycles. The van der Waals surface area contributed by atoms with Crippen molar-refractivity contribution in [2.24, 2.45) is 0 Å². The Morgan fingerprint density at radius 3 is 1.93 bits per heavy atom. The lowest BCUT2D eigenvalue weighted by atomic mass is 9.92. The summed E-state index contributed by atoms with van der Waals surface area (Å²) < 4.78 is 5.24. The average molecular weight is 197 g/mol. The summed E-state index contributed by atoms with van der Waals surface area (Å²) in [6, 6.07) is 2.05. The van der Waals surface area contributed by atoms with Gasteiger partial charge in [0.15, 0.2) is 0 Å². The highest BCUT2D eigenvalue weighted by molar-refractivity contribution is 5.15. The fourth-order valence-electron chi connectivity index (χ4n) is 0.914.